The molecule has 0 saturated carbocycles. The molecule has 1 aromatic heterocycles. The third-order valence-corrected chi connectivity index (χ3v) is 2.83. The van der Waals surface area contributed by atoms with Gasteiger partial charge in [0.1, 0.15) is 0 Å². The fraction of sp³-hybridized carbons (Fsp3) is 0.417. The summed E-state index contributed by atoms with van der Waals surface area (Å²) in [4.78, 5) is 28.9. The van der Waals surface area contributed by atoms with Crippen LogP contribution in [0.2, 0.25) is 5.02 Å². The Hall–Kier alpha value is -1.62. The van der Waals surface area contributed by atoms with E-state index < -0.39 is 0 Å². The van der Waals surface area contributed by atoms with Gasteiger partial charge in [0, 0.05) is 25.5 Å². The van der Waals surface area contributed by atoms with Gasteiger partial charge in [0.2, 0.25) is 5.91 Å². The number of carbonyl (C=O) groups excluding carboxylic acids is 2. The fourth-order valence-corrected chi connectivity index (χ4v) is 1.70. The number of hydrogen-bond acceptors (Lipinski definition) is 3. The van der Waals surface area contributed by atoms with Gasteiger partial charge in [-0.05, 0) is 19.9 Å². The summed E-state index contributed by atoms with van der Waals surface area (Å²) in [6.07, 6.45) is 2.87. The van der Waals surface area contributed by atoms with Crippen molar-refractivity contribution in [2.45, 2.75) is 13.8 Å². The molecule has 98 valence electrons. The molecular formula is C12H16ClN3O2. The summed E-state index contributed by atoms with van der Waals surface area (Å²) >= 11 is 5.83. The van der Waals surface area contributed by atoms with Crippen LogP contribution >= 0.6 is 11.6 Å². The van der Waals surface area contributed by atoms with E-state index in [4.69, 9.17) is 11.6 Å². The van der Waals surface area contributed by atoms with Crippen LogP contribution in [0, 0.1) is 0 Å². The maximum absolute atomic E-state index is 11.8. The normalized spacial score (nSPS) is 9.94. The Bertz CT molecular complexity index is 433. The first-order valence-corrected chi connectivity index (χ1v) is 6.13. The molecule has 0 aliphatic rings. The molecule has 6 heteroatoms. The number of pyridine rings is 1. The highest BCUT2D eigenvalue weighted by molar-refractivity contribution is 6.33. The van der Waals surface area contributed by atoms with Crippen LogP contribution in [-0.2, 0) is 4.79 Å². The van der Waals surface area contributed by atoms with Crippen LogP contribution in [0.1, 0.15) is 24.2 Å². The third kappa shape index (κ3) is 3.70. The van der Waals surface area contributed by atoms with Crippen molar-refractivity contribution in [2.24, 2.45) is 0 Å². The minimum absolute atomic E-state index is 0.0286. The van der Waals surface area contributed by atoms with Gasteiger partial charge in [0.05, 0.1) is 17.1 Å². The van der Waals surface area contributed by atoms with Gasteiger partial charge in [0.15, 0.2) is 0 Å². The molecule has 0 aromatic carbocycles. The van der Waals surface area contributed by atoms with Crippen LogP contribution in [-0.4, -0.2) is 41.3 Å². The predicted molar refractivity (Wildman–Crippen MR) is 69.5 cm³/mol. The summed E-state index contributed by atoms with van der Waals surface area (Å²) in [5.74, 6) is -0.485. The van der Waals surface area contributed by atoms with Crippen molar-refractivity contribution >= 4 is 23.4 Å². The molecule has 0 bridgehead atoms. The number of rotatable bonds is 5. The van der Waals surface area contributed by atoms with Crippen molar-refractivity contribution in [3.63, 3.8) is 0 Å². The minimum atomic E-state index is -0.372. The fourth-order valence-electron chi connectivity index (χ4n) is 1.50. The number of nitrogens with one attached hydrogen (secondary N) is 1. The Kier molecular flexibility index (Phi) is 5.58. The lowest BCUT2D eigenvalue weighted by Gasteiger charge is -2.18. The topological polar surface area (TPSA) is 62.3 Å². The Morgan fingerprint density at radius 2 is 2.06 bits per heavy atom. The second-order valence-corrected chi connectivity index (χ2v) is 4.01. The van der Waals surface area contributed by atoms with Crippen LogP contribution in [0.25, 0.3) is 0 Å². The lowest BCUT2D eigenvalue weighted by atomic mass is 10.2. The summed E-state index contributed by atoms with van der Waals surface area (Å²) < 4.78 is 0. The molecule has 0 aliphatic heterocycles. The van der Waals surface area contributed by atoms with E-state index in [9.17, 15) is 9.59 Å². The number of amides is 2. The van der Waals surface area contributed by atoms with Crippen LogP contribution in [0.3, 0.4) is 0 Å². The SMILES string of the molecule is CCN(CC)C(=O)CNC(=O)c1ccncc1Cl. The zero-order valence-corrected chi connectivity index (χ0v) is 11.2. The Morgan fingerprint density at radius 3 is 2.61 bits per heavy atom. The molecule has 0 fully saturated rings. The lowest BCUT2D eigenvalue weighted by molar-refractivity contribution is -0.129. The molecule has 0 aliphatic carbocycles. The van der Waals surface area contributed by atoms with E-state index in [0.29, 0.717) is 18.7 Å². The molecular weight excluding hydrogens is 254 g/mol. The van der Waals surface area contributed by atoms with E-state index in [1.54, 1.807) is 4.90 Å². The smallest absolute Gasteiger partial charge is 0.253 e. The highest BCUT2D eigenvalue weighted by Crippen LogP contribution is 2.12. The molecule has 1 heterocycles. The standard InChI is InChI=1S/C12H16ClN3O2/c1-3-16(4-2)11(17)8-15-12(18)9-5-6-14-7-10(9)13/h5-7H,3-4,8H2,1-2H3,(H,15,18). The summed E-state index contributed by atoms with van der Waals surface area (Å²) in [6.45, 7) is 5.01. The first-order chi connectivity index (χ1) is 8.60. The van der Waals surface area contributed by atoms with Crippen molar-refractivity contribution in [3.05, 3.63) is 29.0 Å². The van der Waals surface area contributed by atoms with E-state index >= 15 is 0 Å². The molecule has 0 unspecified atom stereocenters. The second-order valence-electron chi connectivity index (χ2n) is 3.60. The van der Waals surface area contributed by atoms with Crippen molar-refractivity contribution < 1.29 is 9.59 Å². The van der Waals surface area contributed by atoms with E-state index in [1.165, 1.54) is 18.5 Å². The summed E-state index contributed by atoms with van der Waals surface area (Å²) in [5, 5.41) is 2.82. The molecule has 0 radical (unpaired) electrons. The van der Waals surface area contributed by atoms with E-state index in [1.807, 2.05) is 13.8 Å². The number of hydrogen-bond donors (Lipinski definition) is 1. The van der Waals surface area contributed by atoms with Gasteiger partial charge in [0.25, 0.3) is 5.91 Å². The van der Waals surface area contributed by atoms with Crippen molar-refractivity contribution in [3.8, 4) is 0 Å². The molecule has 18 heavy (non-hydrogen) atoms. The van der Waals surface area contributed by atoms with Crippen molar-refractivity contribution in [1.29, 1.82) is 0 Å². The van der Waals surface area contributed by atoms with Crippen molar-refractivity contribution in [1.82, 2.24) is 15.2 Å². The van der Waals surface area contributed by atoms with Crippen LogP contribution in [0.15, 0.2) is 18.5 Å². The van der Waals surface area contributed by atoms with Gasteiger partial charge >= 0.3 is 0 Å². The highest BCUT2D eigenvalue weighted by Gasteiger charge is 2.13. The zero-order valence-electron chi connectivity index (χ0n) is 10.4. The van der Waals surface area contributed by atoms with E-state index in [2.05, 4.69) is 10.3 Å². The average molecular weight is 270 g/mol. The quantitative estimate of drug-likeness (QED) is 0.877. The number of aromatic nitrogens is 1. The second kappa shape index (κ2) is 6.96. The lowest BCUT2D eigenvalue weighted by Crippen LogP contribution is -2.40. The maximum atomic E-state index is 11.8. The monoisotopic (exact) mass is 269 g/mol. The Balaban J connectivity index is 2.57. The maximum Gasteiger partial charge on any atom is 0.253 e. The minimum Gasteiger partial charge on any atom is -0.343 e. The number of likely N-dealkylation sites (N-methyl/N-ethyl adjacent to an activating group) is 1. The molecule has 1 aromatic rings. The van der Waals surface area contributed by atoms with Crippen LogP contribution < -0.4 is 5.32 Å². The molecule has 0 atom stereocenters. The Labute approximate surface area is 111 Å². The van der Waals surface area contributed by atoms with Crippen LogP contribution in [0.4, 0.5) is 0 Å². The average Bonchev–Trinajstić information content (AvgIpc) is 2.38. The first-order valence-electron chi connectivity index (χ1n) is 5.75. The van der Waals surface area contributed by atoms with Gasteiger partial charge in [-0.3, -0.25) is 14.6 Å². The van der Waals surface area contributed by atoms with Crippen molar-refractivity contribution in [2.75, 3.05) is 19.6 Å². The summed E-state index contributed by atoms with van der Waals surface area (Å²) in [6, 6.07) is 1.51. The number of halogens is 1. The summed E-state index contributed by atoms with van der Waals surface area (Å²) in [5.41, 5.74) is 0.319. The molecule has 2 amide bonds. The van der Waals surface area contributed by atoms with Gasteiger partial charge in [-0.25, -0.2) is 0 Å². The summed E-state index contributed by atoms with van der Waals surface area (Å²) in [7, 11) is 0. The van der Waals surface area contributed by atoms with E-state index in [-0.39, 0.29) is 23.4 Å². The molecule has 1 N–H and O–H groups in total. The molecule has 0 saturated heterocycles. The van der Waals surface area contributed by atoms with Crippen LogP contribution in [0.5, 0.6) is 0 Å². The Morgan fingerprint density at radius 1 is 1.39 bits per heavy atom. The van der Waals surface area contributed by atoms with Gasteiger partial charge < -0.3 is 10.2 Å². The zero-order chi connectivity index (χ0) is 13.5. The first kappa shape index (κ1) is 14.4. The molecule has 1 rings (SSSR count). The number of carbonyl (C=O) groups is 2. The predicted octanol–water partition coefficient (Wildman–Crippen LogP) is 1.33. The van der Waals surface area contributed by atoms with Gasteiger partial charge in [-0.15, -0.1) is 0 Å². The van der Waals surface area contributed by atoms with Gasteiger partial charge in [-0.1, -0.05) is 11.6 Å². The van der Waals surface area contributed by atoms with E-state index in [0.717, 1.165) is 0 Å². The number of nitrogens with zero attached hydrogens (tertiary/aromatic N) is 2. The third-order valence-electron chi connectivity index (χ3n) is 2.53. The largest absolute Gasteiger partial charge is 0.343 e. The molecule has 5 nitrogen and oxygen atoms in total. The van der Waals surface area contributed by atoms with Gasteiger partial charge in [-0.2, -0.15) is 0 Å². The highest BCUT2D eigenvalue weighted by atomic mass is 35.5. The molecule has 0 spiro atoms.